The van der Waals surface area contributed by atoms with E-state index in [1.54, 1.807) is 12.2 Å². The third-order valence-electron chi connectivity index (χ3n) is 3.38. The lowest BCUT2D eigenvalue weighted by Gasteiger charge is -2.24. The van der Waals surface area contributed by atoms with Gasteiger partial charge in [-0.05, 0) is 25.0 Å². The van der Waals surface area contributed by atoms with E-state index in [-0.39, 0.29) is 12.8 Å². The maximum Gasteiger partial charge on any atom is 0.307 e. The van der Waals surface area contributed by atoms with Crippen LogP contribution in [0.3, 0.4) is 0 Å². The van der Waals surface area contributed by atoms with Crippen LogP contribution in [-0.2, 0) is 9.59 Å². The molecule has 4 nitrogen and oxygen atoms in total. The molecular weight excluding hydrogens is 287 g/mol. The molecule has 0 saturated heterocycles. The number of carbonyl (C=O) groups excluding carboxylic acids is 1. The normalized spacial score (nSPS) is 21.1. The summed E-state index contributed by atoms with van der Waals surface area (Å²) in [5, 5.41) is 11.2. The van der Waals surface area contributed by atoms with Crippen LogP contribution in [0.1, 0.15) is 12.8 Å². The number of hydrogen-bond acceptors (Lipinski definition) is 2. The SMILES string of the molecule is O=C(O)[C@H]1CC=CC[C@H]1C(=O)Nc1ccc(F)c(F)c1F. The van der Waals surface area contributed by atoms with Crippen LogP contribution in [-0.4, -0.2) is 17.0 Å². The number of benzene rings is 1. The molecule has 0 heterocycles. The van der Waals surface area contributed by atoms with Crippen molar-refractivity contribution < 1.29 is 27.9 Å². The van der Waals surface area contributed by atoms with Gasteiger partial charge in [-0.25, -0.2) is 13.2 Å². The molecule has 0 saturated carbocycles. The first-order valence-electron chi connectivity index (χ1n) is 6.24. The van der Waals surface area contributed by atoms with Crippen molar-refractivity contribution in [3.63, 3.8) is 0 Å². The van der Waals surface area contributed by atoms with Crippen LogP contribution in [0.5, 0.6) is 0 Å². The van der Waals surface area contributed by atoms with Crippen molar-refractivity contribution in [1.29, 1.82) is 0 Å². The average Bonchev–Trinajstić information content (AvgIpc) is 2.47. The molecule has 2 atom stereocenters. The van der Waals surface area contributed by atoms with Crippen LogP contribution in [0, 0.1) is 29.3 Å². The van der Waals surface area contributed by atoms with E-state index in [4.69, 9.17) is 5.11 Å². The minimum atomic E-state index is -1.69. The third kappa shape index (κ3) is 3.07. The zero-order valence-electron chi connectivity index (χ0n) is 10.8. The highest BCUT2D eigenvalue weighted by molar-refractivity contribution is 5.95. The number of nitrogens with one attached hydrogen (secondary N) is 1. The largest absolute Gasteiger partial charge is 0.481 e. The van der Waals surface area contributed by atoms with Gasteiger partial charge in [0.05, 0.1) is 17.5 Å². The topological polar surface area (TPSA) is 66.4 Å². The molecule has 1 aliphatic carbocycles. The van der Waals surface area contributed by atoms with Gasteiger partial charge < -0.3 is 10.4 Å². The summed E-state index contributed by atoms with van der Waals surface area (Å²) in [6.45, 7) is 0. The van der Waals surface area contributed by atoms with Crippen molar-refractivity contribution in [1.82, 2.24) is 0 Å². The number of rotatable bonds is 3. The number of carboxylic acids is 1. The molecule has 0 spiro atoms. The Kier molecular flexibility index (Phi) is 4.30. The van der Waals surface area contributed by atoms with E-state index in [0.717, 1.165) is 6.07 Å². The first-order chi connectivity index (χ1) is 9.91. The second-order valence-electron chi connectivity index (χ2n) is 4.71. The van der Waals surface area contributed by atoms with E-state index in [9.17, 15) is 22.8 Å². The molecule has 0 aromatic heterocycles. The monoisotopic (exact) mass is 299 g/mol. The first-order valence-corrected chi connectivity index (χ1v) is 6.24. The van der Waals surface area contributed by atoms with Gasteiger partial charge in [0.25, 0.3) is 0 Å². The molecular formula is C14H12F3NO3. The van der Waals surface area contributed by atoms with Crippen molar-refractivity contribution in [2.45, 2.75) is 12.8 Å². The van der Waals surface area contributed by atoms with Crippen LogP contribution in [0.2, 0.25) is 0 Å². The molecule has 1 aromatic rings. The number of hydrogen-bond donors (Lipinski definition) is 2. The minimum Gasteiger partial charge on any atom is -0.481 e. The predicted octanol–water partition coefficient (Wildman–Crippen LogP) is 2.71. The van der Waals surface area contributed by atoms with Crippen LogP contribution >= 0.6 is 0 Å². The quantitative estimate of drug-likeness (QED) is 0.666. The molecule has 0 fully saturated rings. The third-order valence-corrected chi connectivity index (χ3v) is 3.38. The molecule has 112 valence electrons. The van der Waals surface area contributed by atoms with Gasteiger partial charge in [0.1, 0.15) is 0 Å². The Hall–Kier alpha value is -2.31. The van der Waals surface area contributed by atoms with E-state index in [2.05, 4.69) is 5.32 Å². The van der Waals surface area contributed by atoms with Crippen molar-refractivity contribution in [2.75, 3.05) is 5.32 Å². The lowest BCUT2D eigenvalue weighted by molar-refractivity contribution is -0.146. The minimum absolute atomic E-state index is 0.188. The molecule has 21 heavy (non-hydrogen) atoms. The van der Waals surface area contributed by atoms with Gasteiger partial charge in [-0.2, -0.15) is 0 Å². The molecule has 0 radical (unpaired) electrons. The van der Waals surface area contributed by atoms with E-state index in [1.165, 1.54) is 0 Å². The lowest BCUT2D eigenvalue weighted by Crippen LogP contribution is -2.35. The first kappa shape index (κ1) is 15.1. The van der Waals surface area contributed by atoms with Gasteiger partial charge in [-0.15, -0.1) is 0 Å². The molecule has 0 bridgehead atoms. The maximum absolute atomic E-state index is 13.5. The van der Waals surface area contributed by atoms with Crippen molar-refractivity contribution in [3.05, 3.63) is 41.7 Å². The molecule has 7 heteroatoms. The molecule has 0 aliphatic heterocycles. The van der Waals surface area contributed by atoms with Gasteiger partial charge in [0.2, 0.25) is 5.91 Å². The second kappa shape index (κ2) is 5.99. The number of carboxylic acid groups (broad SMARTS) is 1. The highest BCUT2D eigenvalue weighted by Gasteiger charge is 2.34. The smallest absolute Gasteiger partial charge is 0.307 e. The van der Waals surface area contributed by atoms with Gasteiger partial charge >= 0.3 is 5.97 Å². The number of aliphatic carboxylic acids is 1. The summed E-state index contributed by atoms with van der Waals surface area (Å²) in [6, 6.07) is 1.57. The Morgan fingerprint density at radius 3 is 2.29 bits per heavy atom. The predicted molar refractivity (Wildman–Crippen MR) is 67.9 cm³/mol. The summed E-state index contributed by atoms with van der Waals surface area (Å²) >= 11 is 0. The van der Waals surface area contributed by atoms with E-state index in [0.29, 0.717) is 6.07 Å². The zero-order chi connectivity index (χ0) is 15.6. The van der Waals surface area contributed by atoms with Gasteiger partial charge in [-0.1, -0.05) is 12.2 Å². The second-order valence-corrected chi connectivity index (χ2v) is 4.71. The summed E-state index contributed by atoms with van der Waals surface area (Å²) in [7, 11) is 0. The van der Waals surface area contributed by atoms with Crippen molar-refractivity contribution in [3.8, 4) is 0 Å². The standard InChI is InChI=1S/C14H12F3NO3/c15-9-5-6-10(12(17)11(9)16)18-13(19)7-3-1-2-4-8(7)14(20)21/h1-2,5-8H,3-4H2,(H,18,19)(H,20,21)/t7-,8+/m1/s1. The van der Waals surface area contributed by atoms with Gasteiger partial charge in [0, 0.05) is 0 Å². The fourth-order valence-electron chi connectivity index (χ4n) is 2.22. The molecule has 1 amide bonds. The van der Waals surface area contributed by atoms with Gasteiger partial charge in [-0.3, -0.25) is 9.59 Å². The molecule has 1 aromatic carbocycles. The van der Waals surface area contributed by atoms with E-state index < -0.39 is 46.9 Å². The van der Waals surface area contributed by atoms with Crippen LogP contribution in [0.4, 0.5) is 18.9 Å². The Balaban J connectivity index is 2.20. The molecule has 1 aliphatic rings. The zero-order valence-corrected chi connectivity index (χ0v) is 10.8. The Labute approximate surface area is 118 Å². The number of anilines is 1. The number of allylic oxidation sites excluding steroid dienone is 2. The summed E-state index contributed by atoms with van der Waals surface area (Å²) in [5.74, 6) is -8.26. The van der Waals surface area contributed by atoms with E-state index in [1.807, 2.05) is 0 Å². The molecule has 2 N–H and O–H groups in total. The summed E-state index contributed by atoms with van der Waals surface area (Å²) in [6.07, 6.45) is 3.69. The van der Waals surface area contributed by atoms with Crippen LogP contribution < -0.4 is 5.32 Å². The van der Waals surface area contributed by atoms with Gasteiger partial charge in [0.15, 0.2) is 17.5 Å². The fourth-order valence-corrected chi connectivity index (χ4v) is 2.22. The molecule has 0 unspecified atom stereocenters. The lowest BCUT2D eigenvalue weighted by atomic mass is 9.82. The number of carbonyl (C=O) groups is 2. The summed E-state index contributed by atoms with van der Waals surface area (Å²) < 4.78 is 39.4. The number of amides is 1. The fraction of sp³-hybridized carbons (Fsp3) is 0.286. The molecule has 2 rings (SSSR count). The number of halogens is 3. The average molecular weight is 299 g/mol. The van der Waals surface area contributed by atoms with Crippen LogP contribution in [0.25, 0.3) is 0 Å². The van der Waals surface area contributed by atoms with Crippen molar-refractivity contribution >= 4 is 17.6 Å². The van der Waals surface area contributed by atoms with Crippen molar-refractivity contribution in [2.24, 2.45) is 11.8 Å². The summed E-state index contributed by atoms with van der Waals surface area (Å²) in [5.41, 5.74) is -0.516. The maximum atomic E-state index is 13.5. The van der Waals surface area contributed by atoms with Crippen LogP contribution in [0.15, 0.2) is 24.3 Å². The Morgan fingerprint density at radius 2 is 1.67 bits per heavy atom. The van der Waals surface area contributed by atoms with E-state index >= 15 is 0 Å². The highest BCUT2D eigenvalue weighted by atomic mass is 19.2. The highest BCUT2D eigenvalue weighted by Crippen LogP contribution is 2.28. The Bertz CT molecular complexity index is 616. The summed E-state index contributed by atoms with van der Waals surface area (Å²) in [4.78, 5) is 23.1. The Morgan fingerprint density at radius 1 is 1.05 bits per heavy atom.